The molecule has 1 aromatic rings. The molecule has 0 saturated heterocycles. The minimum atomic E-state index is -1.30. The van der Waals surface area contributed by atoms with Crippen molar-refractivity contribution < 1.29 is 19.1 Å². The van der Waals surface area contributed by atoms with E-state index in [1.807, 2.05) is 6.92 Å². The third-order valence-electron chi connectivity index (χ3n) is 2.48. The molecule has 6 heteroatoms. The second kappa shape index (κ2) is 6.11. The van der Waals surface area contributed by atoms with Gasteiger partial charge in [0, 0.05) is 12.5 Å². The van der Waals surface area contributed by atoms with E-state index >= 15 is 0 Å². The van der Waals surface area contributed by atoms with E-state index in [9.17, 15) is 14.0 Å². The van der Waals surface area contributed by atoms with E-state index in [0.29, 0.717) is 6.42 Å². The Morgan fingerprint density at radius 3 is 2.72 bits per heavy atom. The highest BCUT2D eigenvalue weighted by Gasteiger charge is 2.17. The summed E-state index contributed by atoms with van der Waals surface area (Å²) >= 11 is 0. The maximum absolute atomic E-state index is 13.5. The van der Waals surface area contributed by atoms with Crippen LogP contribution in [0.4, 0.5) is 10.1 Å². The first-order valence-electron chi connectivity index (χ1n) is 5.53. The van der Waals surface area contributed by atoms with Crippen molar-refractivity contribution >= 4 is 17.6 Å². The average molecular weight is 254 g/mol. The maximum atomic E-state index is 13.5. The lowest BCUT2D eigenvalue weighted by Crippen LogP contribution is -2.27. The summed E-state index contributed by atoms with van der Waals surface area (Å²) in [5.41, 5.74) is 4.99. The fourth-order valence-electron chi connectivity index (χ4n) is 1.40. The lowest BCUT2D eigenvalue weighted by Gasteiger charge is -2.11. The molecule has 0 aromatic heterocycles. The normalized spacial score (nSPS) is 11.9. The molecule has 0 heterocycles. The second-order valence-corrected chi connectivity index (χ2v) is 3.89. The number of benzene rings is 1. The van der Waals surface area contributed by atoms with Crippen LogP contribution in [0.15, 0.2) is 18.2 Å². The van der Waals surface area contributed by atoms with Gasteiger partial charge in [-0.15, -0.1) is 0 Å². The van der Waals surface area contributed by atoms with E-state index in [4.69, 9.17) is 10.8 Å². The van der Waals surface area contributed by atoms with Gasteiger partial charge in [0.05, 0.1) is 11.3 Å². The van der Waals surface area contributed by atoms with E-state index in [-0.39, 0.29) is 23.7 Å². The zero-order valence-electron chi connectivity index (χ0n) is 9.94. The van der Waals surface area contributed by atoms with E-state index in [0.717, 1.165) is 6.07 Å². The first-order valence-corrected chi connectivity index (χ1v) is 5.53. The summed E-state index contributed by atoms with van der Waals surface area (Å²) in [6.07, 6.45) is 0.625. The predicted molar refractivity (Wildman–Crippen MR) is 64.9 cm³/mol. The Hall–Kier alpha value is -1.95. The molecule has 98 valence electrons. The average Bonchev–Trinajstić information content (AvgIpc) is 2.31. The molecule has 4 N–H and O–H groups in total. The number of carboxylic acid groups (broad SMARTS) is 1. The lowest BCUT2D eigenvalue weighted by atomic mass is 10.1. The number of halogens is 1. The number of nitrogens with one attached hydrogen (secondary N) is 1. The molecular weight excluding hydrogens is 239 g/mol. The number of hydrogen-bond acceptors (Lipinski definition) is 3. The van der Waals surface area contributed by atoms with Crippen molar-refractivity contribution in [3.05, 3.63) is 29.6 Å². The van der Waals surface area contributed by atoms with Gasteiger partial charge in [-0.1, -0.05) is 13.0 Å². The molecule has 1 rings (SSSR count). The largest absolute Gasteiger partial charge is 0.478 e. The Morgan fingerprint density at radius 1 is 1.50 bits per heavy atom. The lowest BCUT2D eigenvalue weighted by molar-refractivity contribution is -0.116. The van der Waals surface area contributed by atoms with Gasteiger partial charge in [0.2, 0.25) is 5.91 Å². The van der Waals surface area contributed by atoms with Gasteiger partial charge < -0.3 is 16.2 Å². The van der Waals surface area contributed by atoms with E-state index < -0.39 is 17.7 Å². The van der Waals surface area contributed by atoms with Gasteiger partial charge in [-0.25, -0.2) is 9.18 Å². The van der Waals surface area contributed by atoms with Crippen molar-refractivity contribution in [1.29, 1.82) is 0 Å². The highest BCUT2D eigenvalue weighted by Crippen LogP contribution is 2.20. The summed E-state index contributed by atoms with van der Waals surface area (Å²) in [5.74, 6) is -2.59. The molecule has 5 nitrogen and oxygen atoms in total. The molecule has 0 saturated carbocycles. The number of aromatic carboxylic acids is 1. The smallest absolute Gasteiger partial charge is 0.337 e. The third kappa shape index (κ3) is 3.53. The Balaban J connectivity index is 2.90. The molecule has 1 amide bonds. The predicted octanol–water partition coefficient (Wildman–Crippen LogP) is 1.59. The number of carbonyl (C=O) groups is 2. The first-order chi connectivity index (χ1) is 8.45. The molecule has 0 spiro atoms. The van der Waals surface area contributed by atoms with Gasteiger partial charge in [0.15, 0.2) is 0 Å². The van der Waals surface area contributed by atoms with Gasteiger partial charge in [-0.2, -0.15) is 0 Å². The summed E-state index contributed by atoms with van der Waals surface area (Å²) in [5, 5.41) is 11.1. The second-order valence-electron chi connectivity index (χ2n) is 3.89. The summed E-state index contributed by atoms with van der Waals surface area (Å²) in [7, 11) is 0. The minimum Gasteiger partial charge on any atom is -0.478 e. The number of anilines is 1. The molecule has 0 aliphatic carbocycles. The number of rotatable bonds is 5. The number of hydrogen-bond donors (Lipinski definition) is 3. The van der Waals surface area contributed by atoms with Crippen molar-refractivity contribution in [2.75, 3.05) is 5.32 Å². The molecule has 18 heavy (non-hydrogen) atoms. The summed E-state index contributed by atoms with van der Waals surface area (Å²) < 4.78 is 13.5. The number of carbonyl (C=O) groups excluding carboxylic acids is 1. The molecule has 0 aliphatic rings. The van der Waals surface area contributed by atoms with Crippen LogP contribution in [-0.2, 0) is 4.79 Å². The Bertz CT molecular complexity index is 463. The topological polar surface area (TPSA) is 92.4 Å². The van der Waals surface area contributed by atoms with Crippen LogP contribution in [0.25, 0.3) is 0 Å². The quantitative estimate of drug-likeness (QED) is 0.744. The Morgan fingerprint density at radius 2 is 2.17 bits per heavy atom. The monoisotopic (exact) mass is 254 g/mol. The Kier molecular flexibility index (Phi) is 4.79. The van der Waals surface area contributed by atoms with Crippen LogP contribution < -0.4 is 11.1 Å². The van der Waals surface area contributed by atoms with Crippen molar-refractivity contribution in [1.82, 2.24) is 0 Å². The van der Waals surface area contributed by atoms with Gasteiger partial charge >= 0.3 is 5.97 Å². The minimum absolute atomic E-state index is 0.0178. The van der Waals surface area contributed by atoms with Crippen molar-refractivity contribution in [2.45, 2.75) is 25.8 Å². The fourth-order valence-corrected chi connectivity index (χ4v) is 1.40. The molecule has 1 aromatic carbocycles. The van der Waals surface area contributed by atoms with Crippen LogP contribution in [0.3, 0.4) is 0 Å². The van der Waals surface area contributed by atoms with Gasteiger partial charge in [0.1, 0.15) is 5.82 Å². The van der Waals surface area contributed by atoms with Crippen molar-refractivity contribution in [2.24, 2.45) is 5.73 Å². The molecular formula is C12H15FN2O3. The Labute approximate surface area is 104 Å². The summed E-state index contributed by atoms with van der Waals surface area (Å²) in [6, 6.07) is 3.25. The third-order valence-corrected chi connectivity index (χ3v) is 2.48. The molecule has 1 atom stereocenters. The molecule has 0 radical (unpaired) electrons. The van der Waals surface area contributed by atoms with Crippen LogP contribution in [-0.4, -0.2) is 23.0 Å². The van der Waals surface area contributed by atoms with Crippen molar-refractivity contribution in [3.8, 4) is 0 Å². The van der Waals surface area contributed by atoms with Crippen LogP contribution in [0.2, 0.25) is 0 Å². The summed E-state index contributed by atoms with van der Waals surface area (Å²) in [4.78, 5) is 22.4. The number of nitrogens with two attached hydrogens (primary N) is 1. The molecule has 0 fully saturated rings. The number of para-hydroxylation sites is 1. The van der Waals surface area contributed by atoms with Crippen LogP contribution >= 0.6 is 0 Å². The zero-order chi connectivity index (χ0) is 13.7. The van der Waals surface area contributed by atoms with Gasteiger partial charge in [-0.3, -0.25) is 4.79 Å². The highest BCUT2D eigenvalue weighted by atomic mass is 19.1. The molecule has 1 unspecified atom stereocenters. The van der Waals surface area contributed by atoms with Gasteiger partial charge in [-0.05, 0) is 18.6 Å². The SMILES string of the molecule is CCC(N)CC(=O)Nc1c(F)cccc1C(=O)O. The van der Waals surface area contributed by atoms with E-state index in [1.54, 1.807) is 0 Å². The highest BCUT2D eigenvalue weighted by molar-refractivity contribution is 6.00. The number of carboxylic acids is 1. The van der Waals surface area contributed by atoms with Crippen LogP contribution in [0.1, 0.15) is 30.1 Å². The van der Waals surface area contributed by atoms with E-state index in [2.05, 4.69) is 5.32 Å². The van der Waals surface area contributed by atoms with Gasteiger partial charge in [0.25, 0.3) is 0 Å². The van der Waals surface area contributed by atoms with E-state index in [1.165, 1.54) is 12.1 Å². The van der Waals surface area contributed by atoms with Crippen molar-refractivity contribution in [3.63, 3.8) is 0 Å². The maximum Gasteiger partial charge on any atom is 0.337 e. The van der Waals surface area contributed by atoms with Crippen LogP contribution in [0.5, 0.6) is 0 Å². The standard InChI is InChI=1S/C12H15FN2O3/c1-2-7(14)6-10(16)15-11-8(12(17)18)4-3-5-9(11)13/h3-5,7H,2,6,14H2,1H3,(H,15,16)(H,17,18). The summed E-state index contributed by atoms with van der Waals surface area (Å²) in [6.45, 7) is 1.82. The first kappa shape index (κ1) is 14.1. The molecule has 0 bridgehead atoms. The van der Waals surface area contributed by atoms with Crippen LogP contribution in [0, 0.1) is 5.82 Å². The number of amides is 1. The zero-order valence-corrected chi connectivity index (χ0v) is 9.94. The fraction of sp³-hybridized carbons (Fsp3) is 0.333. The molecule has 0 aliphatic heterocycles.